The minimum absolute atomic E-state index is 0.0219. The Morgan fingerprint density at radius 2 is 2.26 bits per heavy atom. The van der Waals surface area contributed by atoms with Crippen molar-refractivity contribution >= 4 is 22.9 Å². The monoisotopic (exact) mass is 275 g/mol. The predicted molar refractivity (Wildman–Crippen MR) is 78.0 cm³/mol. The summed E-state index contributed by atoms with van der Waals surface area (Å²) >= 11 is 1.38. The largest absolute Gasteiger partial charge is 0.397 e. The highest BCUT2D eigenvalue weighted by Crippen LogP contribution is 2.22. The summed E-state index contributed by atoms with van der Waals surface area (Å²) in [5.74, 6) is -0.0219. The van der Waals surface area contributed by atoms with Crippen LogP contribution in [0.1, 0.15) is 29.1 Å². The van der Waals surface area contributed by atoms with Gasteiger partial charge in [-0.2, -0.15) is 0 Å². The Balaban J connectivity index is 2.22. The van der Waals surface area contributed by atoms with Crippen LogP contribution in [0.2, 0.25) is 0 Å². The molecule has 0 aliphatic carbocycles. The second-order valence-electron chi connectivity index (χ2n) is 4.59. The lowest BCUT2D eigenvalue weighted by molar-refractivity contribution is 0.0696. The van der Waals surface area contributed by atoms with Gasteiger partial charge in [-0.25, -0.2) is 0 Å². The molecule has 2 aromatic rings. The fraction of sp³-hybridized carbons (Fsp3) is 0.286. The molecule has 0 bridgehead atoms. The van der Waals surface area contributed by atoms with Gasteiger partial charge in [0.2, 0.25) is 0 Å². The normalized spacial score (nSPS) is 10.7. The molecular formula is C14H17N3OS. The van der Waals surface area contributed by atoms with Crippen LogP contribution in [0.4, 0.5) is 5.69 Å². The Kier molecular flexibility index (Phi) is 4.16. The molecule has 2 aromatic heterocycles. The number of nitrogen functional groups attached to an aromatic ring is 1. The molecule has 2 rings (SSSR count). The smallest absolute Gasteiger partial charge is 0.266 e. The third-order valence-electron chi connectivity index (χ3n) is 2.85. The fourth-order valence-electron chi connectivity index (χ4n) is 1.80. The molecular weight excluding hydrogens is 258 g/mol. The van der Waals surface area contributed by atoms with Gasteiger partial charge < -0.3 is 10.6 Å². The lowest BCUT2D eigenvalue weighted by Gasteiger charge is -2.26. The van der Waals surface area contributed by atoms with Gasteiger partial charge >= 0.3 is 0 Å². The van der Waals surface area contributed by atoms with E-state index in [0.717, 1.165) is 5.56 Å². The van der Waals surface area contributed by atoms with E-state index in [-0.39, 0.29) is 11.9 Å². The van der Waals surface area contributed by atoms with E-state index < -0.39 is 0 Å². The molecule has 2 N–H and O–H groups in total. The van der Waals surface area contributed by atoms with Crippen molar-refractivity contribution in [3.8, 4) is 0 Å². The van der Waals surface area contributed by atoms with Crippen LogP contribution >= 0.6 is 11.3 Å². The first-order valence-electron chi connectivity index (χ1n) is 6.12. The number of carbonyl (C=O) groups is 1. The number of hydrogen-bond acceptors (Lipinski definition) is 4. The second-order valence-corrected chi connectivity index (χ2v) is 5.51. The van der Waals surface area contributed by atoms with Crippen LogP contribution in [0.5, 0.6) is 0 Å². The molecule has 0 aromatic carbocycles. The van der Waals surface area contributed by atoms with Crippen LogP contribution in [0.25, 0.3) is 0 Å². The van der Waals surface area contributed by atoms with E-state index >= 15 is 0 Å². The molecule has 0 aliphatic rings. The number of thiophene rings is 1. The lowest BCUT2D eigenvalue weighted by atomic mass is 10.2. The van der Waals surface area contributed by atoms with E-state index in [1.54, 1.807) is 23.4 Å². The van der Waals surface area contributed by atoms with Crippen LogP contribution in [0, 0.1) is 0 Å². The van der Waals surface area contributed by atoms with Crippen LogP contribution in [0.15, 0.2) is 36.0 Å². The molecule has 0 unspecified atom stereocenters. The van der Waals surface area contributed by atoms with Crippen molar-refractivity contribution in [3.63, 3.8) is 0 Å². The van der Waals surface area contributed by atoms with Crippen LogP contribution in [-0.4, -0.2) is 21.8 Å². The zero-order valence-electron chi connectivity index (χ0n) is 11.0. The van der Waals surface area contributed by atoms with Crippen LogP contribution in [0.3, 0.4) is 0 Å². The van der Waals surface area contributed by atoms with Gasteiger partial charge in [0.1, 0.15) is 4.88 Å². The van der Waals surface area contributed by atoms with Crippen molar-refractivity contribution in [1.82, 2.24) is 9.88 Å². The Hall–Kier alpha value is -1.88. The summed E-state index contributed by atoms with van der Waals surface area (Å²) < 4.78 is 0. The Morgan fingerprint density at radius 1 is 1.47 bits per heavy atom. The lowest BCUT2D eigenvalue weighted by Crippen LogP contribution is -2.36. The quantitative estimate of drug-likeness (QED) is 0.933. The van der Waals surface area contributed by atoms with E-state index in [9.17, 15) is 4.79 Å². The third kappa shape index (κ3) is 3.12. The van der Waals surface area contributed by atoms with E-state index in [2.05, 4.69) is 4.98 Å². The number of nitrogens with two attached hydrogens (primary N) is 1. The number of rotatable bonds is 4. The number of nitrogens with zero attached hydrogens (tertiary/aromatic N) is 2. The summed E-state index contributed by atoms with van der Waals surface area (Å²) in [5, 5.41) is 1.84. The van der Waals surface area contributed by atoms with Crippen LogP contribution in [-0.2, 0) is 6.54 Å². The summed E-state index contributed by atoms with van der Waals surface area (Å²) in [5.41, 5.74) is 7.38. The second kappa shape index (κ2) is 5.84. The average molecular weight is 275 g/mol. The van der Waals surface area contributed by atoms with Gasteiger partial charge in [-0.3, -0.25) is 9.78 Å². The summed E-state index contributed by atoms with van der Waals surface area (Å²) in [7, 11) is 0. The maximum Gasteiger partial charge on any atom is 0.266 e. The van der Waals surface area contributed by atoms with Crippen molar-refractivity contribution in [1.29, 1.82) is 0 Å². The Bertz CT molecular complexity index is 551. The molecule has 2 heterocycles. The van der Waals surface area contributed by atoms with Crippen molar-refractivity contribution in [2.24, 2.45) is 0 Å². The van der Waals surface area contributed by atoms with Crippen molar-refractivity contribution in [3.05, 3.63) is 46.4 Å². The fourth-order valence-corrected chi connectivity index (χ4v) is 2.57. The SMILES string of the molecule is CC(C)N(Cc1cccnc1)C(=O)c1sccc1N. The van der Waals surface area contributed by atoms with Gasteiger partial charge in [-0.05, 0) is 36.9 Å². The first-order valence-corrected chi connectivity index (χ1v) is 7.00. The van der Waals surface area contributed by atoms with Gasteiger partial charge in [0, 0.05) is 25.0 Å². The first-order chi connectivity index (χ1) is 9.09. The number of amides is 1. The summed E-state index contributed by atoms with van der Waals surface area (Å²) in [6.45, 7) is 4.54. The number of anilines is 1. The number of carbonyl (C=O) groups excluding carboxylic acids is 1. The topological polar surface area (TPSA) is 59.2 Å². The van der Waals surface area contributed by atoms with E-state index in [0.29, 0.717) is 17.1 Å². The molecule has 0 radical (unpaired) electrons. The summed E-state index contributed by atoms with van der Waals surface area (Å²) in [4.78, 5) is 19.0. The number of pyridine rings is 1. The number of aromatic nitrogens is 1. The maximum atomic E-state index is 12.5. The van der Waals surface area contributed by atoms with E-state index in [4.69, 9.17) is 5.73 Å². The molecule has 0 fully saturated rings. The average Bonchev–Trinajstić information content (AvgIpc) is 2.82. The zero-order chi connectivity index (χ0) is 13.8. The molecule has 0 atom stereocenters. The summed E-state index contributed by atoms with van der Waals surface area (Å²) in [6, 6.07) is 5.71. The van der Waals surface area contributed by atoms with Gasteiger partial charge in [0.15, 0.2) is 0 Å². The molecule has 19 heavy (non-hydrogen) atoms. The molecule has 0 spiro atoms. The van der Waals surface area contributed by atoms with Gasteiger partial charge in [0.05, 0.1) is 5.69 Å². The zero-order valence-corrected chi connectivity index (χ0v) is 11.9. The van der Waals surface area contributed by atoms with Gasteiger partial charge in [0.25, 0.3) is 5.91 Å². The predicted octanol–water partition coefficient (Wildman–Crippen LogP) is 2.78. The van der Waals surface area contributed by atoms with Crippen molar-refractivity contribution in [2.75, 3.05) is 5.73 Å². The minimum Gasteiger partial charge on any atom is -0.397 e. The minimum atomic E-state index is -0.0219. The third-order valence-corrected chi connectivity index (χ3v) is 3.77. The van der Waals surface area contributed by atoms with E-state index in [1.807, 2.05) is 31.4 Å². The van der Waals surface area contributed by atoms with Gasteiger partial charge in [-0.1, -0.05) is 6.07 Å². The van der Waals surface area contributed by atoms with E-state index in [1.165, 1.54) is 11.3 Å². The highest BCUT2D eigenvalue weighted by molar-refractivity contribution is 7.12. The molecule has 0 saturated carbocycles. The maximum absolute atomic E-state index is 12.5. The van der Waals surface area contributed by atoms with Crippen molar-refractivity contribution < 1.29 is 4.79 Å². The highest BCUT2D eigenvalue weighted by Gasteiger charge is 2.21. The Labute approximate surface area is 116 Å². The molecule has 1 amide bonds. The molecule has 100 valence electrons. The molecule has 4 nitrogen and oxygen atoms in total. The first kappa shape index (κ1) is 13.5. The van der Waals surface area contributed by atoms with Crippen LogP contribution < -0.4 is 5.73 Å². The molecule has 0 saturated heterocycles. The Morgan fingerprint density at radius 3 is 2.79 bits per heavy atom. The highest BCUT2D eigenvalue weighted by atomic mass is 32.1. The standard InChI is InChI=1S/C14H17N3OS/c1-10(2)17(9-11-4-3-6-16-8-11)14(18)13-12(15)5-7-19-13/h3-8,10H,9,15H2,1-2H3. The molecule has 5 heteroatoms. The molecule has 0 aliphatic heterocycles. The number of hydrogen-bond donors (Lipinski definition) is 1. The van der Waals surface area contributed by atoms with Gasteiger partial charge in [-0.15, -0.1) is 11.3 Å². The summed E-state index contributed by atoms with van der Waals surface area (Å²) in [6.07, 6.45) is 3.50. The van der Waals surface area contributed by atoms with Crippen molar-refractivity contribution in [2.45, 2.75) is 26.4 Å².